The maximum absolute atomic E-state index is 12.0. The van der Waals surface area contributed by atoms with Crippen LogP contribution in [0.2, 0.25) is 0 Å². The molecule has 0 saturated carbocycles. The van der Waals surface area contributed by atoms with Crippen molar-refractivity contribution in [3.63, 3.8) is 0 Å². The van der Waals surface area contributed by atoms with Gasteiger partial charge in [0.25, 0.3) is 0 Å². The van der Waals surface area contributed by atoms with Crippen LogP contribution >= 0.6 is 0 Å². The van der Waals surface area contributed by atoms with E-state index in [0.717, 1.165) is 6.42 Å². The highest BCUT2D eigenvalue weighted by Gasteiger charge is 2.32. The zero-order valence-electron chi connectivity index (χ0n) is 11.0. The minimum absolute atomic E-state index is 0.117. The predicted octanol–water partition coefficient (Wildman–Crippen LogP) is 1.90. The molecule has 0 amide bonds. The number of allylic oxidation sites excluding steroid dienone is 4. The Kier molecular flexibility index (Phi) is 4.00. The quantitative estimate of drug-likeness (QED) is 0.568. The summed E-state index contributed by atoms with van der Waals surface area (Å²) in [5.41, 5.74) is -0.430. The maximum atomic E-state index is 12.0. The lowest BCUT2D eigenvalue weighted by atomic mass is 9.66. The van der Waals surface area contributed by atoms with E-state index in [0.29, 0.717) is 6.42 Å². The molecule has 0 aromatic carbocycles. The summed E-state index contributed by atoms with van der Waals surface area (Å²) >= 11 is 0. The fraction of sp³-hybridized carbons (Fsp3) is 0.615. The summed E-state index contributed by atoms with van der Waals surface area (Å²) < 4.78 is 0. The third kappa shape index (κ3) is 3.55. The number of rotatable bonds is 2. The van der Waals surface area contributed by atoms with Gasteiger partial charge >= 0.3 is 7.12 Å². The van der Waals surface area contributed by atoms with E-state index in [4.69, 9.17) is 0 Å². The average molecular weight is 236 g/mol. The molecular weight excluding hydrogens is 215 g/mol. The fourth-order valence-electron chi connectivity index (χ4n) is 1.91. The summed E-state index contributed by atoms with van der Waals surface area (Å²) in [5, 5.41) is 18.6. The van der Waals surface area contributed by atoms with Crippen LogP contribution in [0.25, 0.3) is 0 Å². The molecule has 4 heteroatoms. The van der Waals surface area contributed by atoms with Gasteiger partial charge < -0.3 is 10.0 Å². The van der Waals surface area contributed by atoms with Crippen LogP contribution in [0.5, 0.6) is 0 Å². The second kappa shape index (κ2) is 4.79. The Balaban J connectivity index is 3.25. The Morgan fingerprint density at radius 2 is 1.88 bits per heavy atom. The molecular formula is C13H21BO3. The van der Waals surface area contributed by atoms with E-state index in [2.05, 4.69) is 6.08 Å². The van der Waals surface area contributed by atoms with Gasteiger partial charge in [-0.15, -0.1) is 0 Å². The summed E-state index contributed by atoms with van der Waals surface area (Å²) in [4.78, 5) is 12.0. The molecule has 3 nitrogen and oxygen atoms in total. The molecule has 0 saturated heterocycles. The van der Waals surface area contributed by atoms with Crippen molar-refractivity contribution < 1.29 is 14.8 Å². The van der Waals surface area contributed by atoms with Crippen LogP contribution in [0.1, 0.15) is 40.5 Å². The third-order valence-electron chi connectivity index (χ3n) is 3.38. The van der Waals surface area contributed by atoms with Crippen molar-refractivity contribution in [2.75, 3.05) is 0 Å². The molecule has 17 heavy (non-hydrogen) atoms. The topological polar surface area (TPSA) is 57.5 Å². The van der Waals surface area contributed by atoms with Crippen molar-refractivity contribution >= 4 is 12.9 Å². The average Bonchev–Trinajstić information content (AvgIpc) is 2.21. The molecule has 0 heterocycles. The third-order valence-corrected chi connectivity index (χ3v) is 3.38. The van der Waals surface area contributed by atoms with Gasteiger partial charge in [0.1, 0.15) is 0 Å². The van der Waals surface area contributed by atoms with Crippen molar-refractivity contribution in [1.29, 1.82) is 0 Å². The lowest BCUT2D eigenvalue weighted by molar-refractivity contribution is -0.116. The molecule has 94 valence electrons. The summed E-state index contributed by atoms with van der Waals surface area (Å²) in [6.07, 6.45) is 6.90. The van der Waals surface area contributed by atoms with Gasteiger partial charge in [0.05, 0.1) is 0 Å². The fourth-order valence-corrected chi connectivity index (χ4v) is 1.91. The molecule has 0 aliphatic heterocycles. The van der Waals surface area contributed by atoms with Crippen LogP contribution in [0.3, 0.4) is 0 Å². The van der Waals surface area contributed by atoms with Gasteiger partial charge in [-0.2, -0.15) is 0 Å². The molecule has 1 aliphatic carbocycles. The number of ketones is 1. The van der Waals surface area contributed by atoms with Crippen LogP contribution in [0, 0.1) is 10.8 Å². The Labute approximate surface area is 103 Å². The molecule has 2 N–H and O–H groups in total. The minimum Gasteiger partial charge on any atom is -0.423 e. The summed E-state index contributed by atoms with van der Waals surface area (Å²) in [7, 11) is -1.68. The Bertz CT molecular complexity index is 369. The number of hydrogen-bond acceptors (Lipinski definition) is 3. The highest BCUT2D eigenvalue weighted by atomic mass is 16.4. The van der Waals surface area contributed by atoms with E-state index in [1.165, 1.54) is 0 Å². The van der Waals surface area contributed by atoms with Crippen LogP contribution < -0.4 is 0 Å². The monoisotopic (exact) mass is 236 g/mol. The van der Waals surface area contributed by atoms with Gasteiger partial charge in [-0.25, -0.2) is 0 Å². The van der Waals surface area contributed by atoms with Crippen LogP contribution in [0.15, 0.2) is 23.7 Å². The first kappa shape index (κ1) is 14.2. The molecule has 1 unspecified atom stereocenters. The van der Waals surface area contributed by atoms with Crippen molar-refractivity contribution in [3.8, 4) is 0 Å². The number of Topliss-reactive ketones (excluding diaryl/α,β-unsaturated/α-hetero) is 1. The van der Waals surface area contributed by atoms with Gasteiger partial charge in [0.2, 0.25) is 0 Å². The molecule has 0 aromatic heterocycles. The number of carbonyl (C=O) groups excluding carboxylic acids is 1. The summed E-state index contributed by atoms with van der Waals surface area (Å²) in [6.45, 7) is 7.95. The Hall–Kier alpha value is -0.865. The second-order valence-electron chi connectivity index (χ2n) is 5.75. The first-order valence-corrected chi connectivity index (χ1v) is 6.01. The van der Waals surface area contributed by atoms with Gasteiger partial charge in [0, 0.05) is 17.3 Å². The normalized spacial score (nSPS) is 28.4. The molecule has 0 spiro atoms. The maximum Gasteiger partial charge on any atom is 0.491 e. The van der Waals surface area contributed by atoms with E-state index in [9.17, 15) is 14.8 Å². The van der Waals surface area contributed by atoms with E-state index in [1.807, 2.05) is 33.8 Å². The molecule has 0 fully saturated rings. The van der Waals surface area contributed by atoms with Crippen molar-refractivity contribution in [3.05, 3.63) is 23.7 Å². The lowest BCUT2D eigenvalue weighted by Gasteiger charge is -2.29. The molecule has 1 rings (SSSR count). The Morgan fingerprint density at radius 1 is 1.29 bits per heavy atom. The van der Waals surface area contributed by atoms with E-state index >= 15 is 0 Å². The van der Waals surface area contributed by atoms with Crippen LogP contribution in [0.4, 0.5) is 0 Å². The minimum atomic E-state index is -1.68. The van der Waals surface area contributed by atoms with Crippen molar-refractivity contribution in [2.24, 2.45) is 10.8 Å². The smallest absolute Gasteiger partial charge is 0.423 e. The van der Waals surface area contributed by atoms with E-state index < -0.39 is 7.12 Å². The van der Waals surface area contributed by atoms with Crippen molar-refractivity contribution in [2.45, 2.75) is 40.5 Å². The van der Waals surface area contributed by atoms with Gasteiger partial charge in [-0.1, -0.05) is 45.9 Å². The van der Waals surface area contributed by atoms with Gasteiger partial charge in [-0.05, 0) is 11.8 Å². The van der Waals surface area contributed by atoms with Gasteiger partial charge in [0.15, 0.2) is 5.78 Å². The van der Waals surface area contributed by atoms with Gasteiger partial charge in [-0.3, -0.25) is 4.79 Å². The lowest BCUT2D eigenvalue weighted by Crippen LogP contribution is -2.30. The molecule has 0 radical (unpaired) electrons. The first-order chi connectivity index (χ1) is 7.69. The molecule has 0 bridgehead atoms. The zero-order valence-corrected chi connectivity index (χ0v) is 11.0. The van der Waals surface area contributed by atoms with Crippen molar-refractivity contribution in [1.82, 2.24) is 0 Å². The van der Waals surface area contributed by atoms with E-state index in [1.54, 1.807) is 6.08 Å². The second-order valence-corrected chi connectivity index (χ2v) is 5.75. The zero-order chi connectivity index (χ0) is 13.3. The highest BCUT2D eigenvalue weighted by molar-refractivity contribution is 6.58. The molecule has 1 aliphatic rings. The summed E-state index contributed by atoms with van der Waals surface area (Å²) in [5.74, 6) is -0.186. The number of carbonyl (C=O) groups is 1. The first-order valence-electron chi connectivity index (χ1n) is 6.01. The number of hydrogen-bond donors (Lipinski definition) is 2. The predicted molar refractivity (Wildman–Crippen MR) is 69.2 cm³/mol. The highest BCUT2D eigenvalue weighted by Crippen LogP contribution is 2.34. The Morgan fingerprint density at radius 3 is 2.35 bits per heavy atom. The summed E-state index contributed by atoms with van der Waals surface area (Å²) in [6, 6.07) is 0. The largest absolute Gasteiger partial charge is 0.491 e. The van der Waals surface area contributed by atoms with Crippen LogP contribution in [-0.2, 0) is 4.79 Å². The molecule has 1 atom stereocenters. The SMILES string of the molecule is CCC1(C)C=CC(C)(C)CC(=O)C(B(O)O)=C1. The molecule has 0 aromatic rings. The standard InChI is InChI=1S/C13H21BO3/c1-5-13(4)7-6-12(2,3)9-11(15)10(8-13)14(16)17/h6-8,16-17H,5,9H2,1-4H3. The van der Waals surface area contributed by atoms with Crippen LogP contribution in [-0.4, -0.2) is 22.9 Å². The van der Waals surface area contributed by atoms with E-state index in [-0.39, 0.29) is 22.1 Å².